The van der Waals surface area contributed by atoms with E-state index in [1.165, 1.54) is 13.8 Å². The molecule has 10 heteroatoms. The van der Waals surface area contributed by atoms with E-state index >= 15 is 0 Å². The number of nitrogens with two attached hydrogens (primary N) is 1. The van der Waals surface area contributed by atoms with E-state index in [1.54, 1.807) is 0 Å². The third-order valence-electron chi connectivity index (χ3n) is 2.77. The summed E-state index contributed by atoms with van der Waals surface area (Å²) >= 11 is 0. The molecule has 0 saturated carbocycles. The van der Waals surface area contributed by atoms with Crippen LogP contribution in [-0.4, -0.2) is 49.7 Å². The highest BCUT2D eigenvalue weighted by molar-refractivity contribution is 7.92. The van der Waals surface area contributed by atoms with Crippen molar-refractivity contribution in [3.63, 3.8) is 0 Å². The van der Waals surface area contributed by atoms with Gasteiger partial charge in [0.15, 0.2) is 15.7 Å². The van der Waals surface area contributed by atoms with Gasteiger partial charge >= 0.3 is 6.18 Å². The van der Waals surface area contributed by atoms with Crippen molar-refractivity contribution in [2.24, 2.45) is 16.8 Å². The molecule has 6 nitrogen and oxygen atoms in total. The van der Waals surface area contributed by atoms with Crippen molar-refractivity contribution in [3.8, 4) is 0 Å². The number of amidine groups is 1. The van der Waals surface area contributed by atoms with Gasteiger partial charge in [-0.05, 0) is 13.8 Å². The third kappa shape index (κ3) is 5.23. The topological polar surface area (TPSA) is 105 Å². The van der Waals surface area contributed by atoms with Crippen LogP contribution in [0, 0.1) is 5.92 Å². The molecular formula is C9H18F3N3O3S. The van der Waals surface area contributed by atoms with Gasteiger partial charge in [-0.15, -0.1) is 0 Å². The maximum Gasteiger partial charge on any atom is 0.400 e. The van der Waals surface area contributed by atoms with Crippen molar-refractivity contribution in [1.82, 2.24) is 5.32 Å². The lowest BCUT2D eigenvalue weighted by molar-refractivity contribution is -0.154. The Morgan fingerprint density at radius 3 is 2.21 bits per heavy atom. The first-order valence-electron chi connectivity index (χ1n) is 5.27. The first-order valence-corrected chi connectivity index (χ1v) is 7.16. The zero-order valence-corrected chi connectivity index (χ0v) is 11.6. The molecule has 0 aromatic heterocycles. The Morgan fingerprint density at radius 2 is 1.89 bits per heavy atom. The maximum absolute atomic E-state index is 12.6. The molecule has 0 aliphatic heterocycles. The number of halogens is 3. The minimum absolute atomic E-state index is 0.183. The van der Waals surface area contributed by atoms with Gasteiger partial charge in [0, 0.05) is 19.3 Å². The number of nitrogens with zero attached hydrogens (tertiary/aromatic N) is 1. The molecule has 0 bridgehead atoms. The molecule has 0 amide bonds. The molecule has 0 rings (SSSR count). The number of hydrogen-bond donors (Lipinski definition) is 3. The summed E-state index contributed by atoms with van der Waals surface area (Å²) in [6.45, 7) is 1.93. The number of alkyl halides is 3. The monoisotopic (exact) mass is 305 g/mol. The maximum atomic E-state index is 12.6. The van der Waals surface area contributed by atoms with E-state index in [2.05, 4.69) is 10.5 Å². The molecule has 0 fully saturated rings. The number of sulfone groups is 1. The van der Waals surface area contributed by atoms with Crippen LogP contribution in [0.2, 0.25) is 0 Å². The van der Waals surface area contributed by atoms with Gasteiger partial charge in [0.05, 0.1) is 4.75 Å². The molecule has 0 aliphatic rings. The molecule has 0 radical (unpaired) electrons. The first kappa shape index (κ1) is 18.0. The summed E-state index contributed by atoms with van der Waals surface area (Å²) in [5.74, 6) is -3.15. The Bertz CT molecular complexity index is 432. The van der Waals surface area contributed by atoms with Crippen molar-refractivity contribution in [2.75, 3.05) is 19.3 Å². The second-order valence-electron chi connectivity index (χ2n) is 4.78. The molecule has 4 N–H and O–H groups in total. The highest BCUT2D eigenvalue weighted by Crippen LogP contribution is 2.26. The Balaban J connectivity index is 4.71. The fourth-order valence-electron chi connectivity index (χ4n) is 1.11. The first-order chi connectivity index (χ1) is 8.33. The van der Waals surface area contributed by atoms with Crippen LogP contribution in [0.5, 0.6) is 0 Å². The van der Waals surface area contributed by atoms with Crippen molar-refractivity contribution in [1.29, 1.82) is 0 Å². The summed E-state index contributed by atoms with van der Waals surface area (Å²) in [7, 11) is -3.42. The predicted molar refractivity (Wildman–Crippen MR) is 64.7 cm³/mol. The van der Waals surface area contributed by atoms with Gasteiger partial charge in [0.2, 0.25) is 0 Å². The van der Waals surface area contributed by atoms with Crippen molar-refractivity contribution >= 4 is 15.7 Å². The highest BCUT2D eigenvalue weighted by Gasteiger charge is 2.43. The molecule has 0 spiro atoms. The molecule has 1 atom stereocenters. The van der Waals surface area contributed by atoms with Crippen molar-refractivity contribution < 1.29 is 26.8 Å². The van der Waals surface area contributed by atoms with Crippen LogP contribution >= 0.6 is 0 Å². The second-order valence-corrected chi connectivity index (χ2v) is 7.43. The van der Waals surface area contributed by atoms with Gasteiger partial charge < -0.3 is 16.3 Å². The number of nitrogens with one attached hydrogen (secondary N) is 1. The Morgan fingerprint density at radius 1 is 1.42 bits per heavy atom. The van der Waals surface area contributed by atoms with Gasteiger partial charge in [0.1, 0.15) is 5.92 Å². The van der Waals surface area contributed by atoms with E-state index in [0.29, 0.717) is 0 Å². The second kappa shape index (κ2) is 5.95. The van der Waals surface area contributed by atoms with Gasteiger partial charge in [-0.25, -0.2) is 8.42 Å². The molecule has 1 unspecified atom stereocenters. The normalized spacial score (nSPS) is 16.4. The smallest absolute Gasteiger partial charge is 0.400 e. The van der Waals surface area contributed by atoms with Gasteiger partial charge in [-0.2, -0.15) is 13.2 Å². The Hall–Kier alpha value is -1.03. The third-order valence-corrected chi connectivity index (χ3v) is 4.92. The SMILES string of the molecule is CC(C)(CNCC(C(N)=NO)C(F)(F)F)S(C)(=O)=O. The van der Waals surface area contributed by atoms with Crippen LogP contribution in [0.4, 0.5) is 13.2 Å². The van der Waals surface area contributed by atoms with Crippen molar-refractivity contribution in [2.45, 2.75) is 24.8 Å². The molecule has 19 heavy (non-hydrogen) atoms. The average Bonchev–Trinajstić information content (AvgIpc) is 2.20. The number of hydrogen-bond acceptors (Lipinski definition) is 5. The van der Waals surface area contributed by atoms with E-state index < -0.39 is 39.1 Å². The summed E-state index contributed by atoms with van der Waals surface area (Å²) in [5, 5.41) is 13.0. The van der Waals surface area contributed by atoms with E-state index in [4.69, 9.17) is 10.9 Å². The van der Waals surface area contributed by atoms with Gasteiger partial charge in [-0.1, -0.05) is 5.16 Å². The van der Waals surface area contributed by atoms with E-state index in [1.807, 2.05) is 0 Å². The van der Waals surface area contributed by atoms with Crippen LogP contribution in [-0.2, 0) is 9.84 Å². The fraction of sp³-hybridized carbons (Fsp3) is 0.889. The predicted octanol–water partition coefficient (Wildman–Crippen LogP) is 0.324. The standard InChI is InChI=1S/C9H18F3N3O3S/c1-8(2,19(3,17)18)5-14-4-6(7(13)15-16)9(10,11)12/h6,14,16H,4-5H2,1-3H3,(H2,13,15). The number of rotatable bonds is 6. The lowest BCUT2D eigenvalue weighted by Crippen LogP contribution is -2.47. The summed E-state index contributed by atoms with van der Waals surface area (Å²) < 4.78 is 59.3. The van der Waals surface area contributed by atoms with Gasteiger partial charge in [0.25, 0.3) is 0 Å². The quantitative estimate of drug-likeness (QED) is 0.284. The van der Waals surface area contributed by atoms with Gasteiger partial charge in [-0.3, -0.25) is 0 Å². The molecule has 0 aromatic carbocycles. The minimum atomic E-state index is -4.68. The summed E-state index contributed by atoms with van der Waals surface area (Å²) in [5.41, 5.74) is 4.96. The minimum Gasteiger partial charge on any atom is -0.409 e. The van der Waals surface area contributed by atoms with E-state index in [0.717, 1.165) is 6.26 Å². The molecule has 0 aromatic rings. The number of oxime groups is 1. The summed E-state index contributed by atoms with van der Waals surface area (Å²) in [6.07, 6.45) is -3.68. The van der Waals surface area contributed by atoms with Crippen LogP contribution in [0.3, 0.4) is 0 Å². The molecule has 0 heterocycles. The average molecular weight is 305 g/mol. The van der Waals surface area contributed by atoms with Crippen LogP contribution < -0.4 is 11.1 Å². The lowest BCUT2D eigenvalue weighted by atomic mass is 10.1. The molecule has 0 aliphatic carbocycles. The summed E-state index contributed by atoms with van der Waals surface area (Å²) in [6, 6.07) is 0. The Labute approximate surface area is 109 Å². The highest BCUT2D eigenvalue weighted by atomic mass is 32.2. The van der Waals surface area contributed by atoms with Crippen molar-refractivity contribution in [3.05, 3.63) is 0 Å². The zero-order valence-electron chi connectivity index (χ0n) is 10.8. The summed E-state index contributed by atoms with van der Waals surface area (Å²) in [4.78, 5) is 0. The van der Waals surface area contributed by atoms with E-state index in [-0.39, 0.29) is 6.54 Å². The molecule has 114 valence electrons. The van der Waals surface area contributed by atoms with Crippen LogP contribution in [0.15, 0.2) is 5.16 Å². The largest absolute Gasteiger partial charge is 0.409 e. The fourth-order valence-corrected chi connectivity index (χ4v) is 1.47. The van der Waals surface area contributed by atoms with E-state index in [9.17, 15) is 21.6 Å². The molecule has 0 saturated heterocycles. The zero-order chi connectivity index (χ0) is 15.5. The molecular weight excluding hydrogens is 287 g/mol. The lowest BCUT2D eigenvalue weighted by Gasteiger charge is -2.25. The Kier molecular flexibility index (Phi) is 5.63. The van der Waals surface area contributed by atoms with Crippen LogP contribution in [0.1, 0.15) is 13.8 Å². The van der Waals surface area contributed by atoms with Crippen LogP contribution in [0.25, 0.3) is 0 Å².